The number of aromatic nitrogens is 3. The molecular formula is C28H33N5O2. The molecule has 1 aliphatic carbocycles. The number of amides is 1. The summed E-state index contributed by atoms with van der Waals surface area (Å²) in [6, 6.07) is 8.44. The minimum Gasteiger partial charge on any atom is -0.379 e. The van der Waals surface area contributed by atoms with Gasteiger partial charge in [0.1, 0.15) is 5.82 Å². The number of carbonyl (C=O) groups excluding carboxylic acids is 1. The number of ether oxygens (including phenoxy) is 1. The molecule has 0 aromatic carbocycles. The zero-order valence-electron chi connectivity index (χ0n) is 20.5. The maximum Gasteiger partial charge on any atom is 0.257 e. The Morgan fingerprint density at radius 1 is 1.17 bits per heavy atom. The maximum absolute atomic E-state index is 12.8. The molecule has 7 nitrogen and oxygen atoms in total. The zero-order chi connectivity index (χ0) is 24.2. The molecule has 1 N–H and O–H groups in total. The summed E-state index contributed by atoms with van der Waals surface area (Å²) >= 11 is 0. The van der Waals surface area contributed by atoms with Crippen LogP contribution >= 0.6 is 0 Å². The molecule has 1 amide bonds. The molecule has 0 bridgehead atoms. The van der Waals surface area contributed by atoms with E-state index in [9.17, 15) is 4.79 Å². The molecule has 0 saturated carbocycles. The van der Waals surface area contributed by atoms with Gasteiger partial charge in [-0.15, -0.1) is 0 Å². The molecule has 182 valence electrons. The highest BCUT2D eigenvalue weighted by atomic mass is 16.5. The summed E-state index contributed by atoms with van der Waals surface area (Å²) in [5, 5.41) is 2.99. The number of hydrogen-bond acceptors (Lipinski definition) is 5. The third-order valence-corrected chi connectivity index (χ3v) is 7.02. The fraction of sp³-hybridized carbons (Fsp3) is 0.393. The molecule has 0 radical (unpaired) electrons. The Labute approximate surface area is 206 Å². The fourth-order valence-electron chi connectivity index (χ4n) is 4.94. The molecule has 1 unspecified atom stereocenters. The van der Waals surface area contributed by atoms with Crippen LogP contribution in [0.2, 0.25) is 0 Å². The van der Waals surface area contributed by atoms with Crippen molar-refractivity contribution in [3.63, 3.8) is 0 Å². The van der Waals surface area contributed by atoms with Gasteiger partial charge >= 0.3 is 0 Å². The molecule has 3 aromatic rings. The first-order chi connectivity index (χ1) is 17.1. The molecule has 1 fully saturated rings. The van der Waals surface area contributed by atoms with Crippen LogP contribution in [0.25, 0.3) is 11.4 Å². The summed E-state index contributed by atoms with van der Waals surface area (Å²) in [7, 11) is 0. The Hall–Kier alpha value is -3.29. The highest BCUT2D eigenvalue weighted by Gasteiger charge is 2.24. The minimum absolute atomic E-state index is 0.159. The van der Waals surface area contributed by atoms with Gasteiger partial charge in [0.15, 0.2) is 0 Å². The van der Waals surface area contributed by atoms with Crippen LogP contribution in [0.4, 0.5) is 5.69 Å². The van der Waals surface area contributed by atoms with Gasteiger partial charge in [0, 0.05) is 37.7 Å². The highest BCUT2D eigenvalue weighted by Crippen LogP contribution is 2.31. The molecule has 7 heteroatoms. The Morgan fingerprint density at radius 3 is 2.71 bits per heavy atom. The first-order valence-electron chi connectivity index (χ1n) is 12.5. The number of nitrogens with zero attached hydrogens (tertiary/aromatic N) is 4. The van der Waals surface area contributed by atoms with Crippen molar-refractivity contribution in [2.45, 2.75) is 45.6 Å². The van der Waals surface area contributed by atoms with Crippen LogP contribution in [0.3, 0.4) is 0 Å². The Bertz CT molecular complexity index is 1210. The van der Waals surface area contributed by atoms with Crippen molar-refractivity contribution < 1.29 is 9.53 Å². The molecule has 2 aliphatic rings. The van der Waals surface area contributed by atoms with E-state index in [1.54, 1.807) is 18.5 Å². The monoisotopic (exact) mass is 471 g/mol. The minimum atomic E-state index is -0.159. The molecular weight excluding hydrogens is 438 g/mol. The Kier molecular flexibility index (Phi) is 7.06. The number of pyridine rings is 2. The van der Waals surface area contributed by atoms with E-state index in [0.29, 0.717) is 17.3 Å². The lowest BCUT2D eigenvalue weighted by Crippen LogP contribution is -2.43. The van der Waals surface area contributed by atoms with Crippen molar-refractivity contribution in [3.8, 4) is 5.82 Å². The second-order valence-corrected chi connectivity index (χ2v) is 9.34. The van der Waals surface area contributed by atoms with Crippen LogP contribution in [0.1, 0.15) is 53.4 Å². The highest BCUT2D eigenvalue weighted by molar-refractivity contribution is 6.04. The van der Waals surface area contributed by atoms with Crippen molar-refractivity contribution in [1.29, 1.82) is 0 Å². The topological polar surface area (TPSA) is 72.3 Å². The number of rotatable bonds is 6. The number of morpholine rings is 1. The molecule has 35 heavy (non-hydrogen) atoms. The number of hydrogen-bond donors (Lipinski definition) is 1. The molecule has 0 spiro atoms. The zero-order valence-corrected chi connectivity index (χ0v) is 20.5. The lowest BCUT2D eigenvalue weighted by atomic mass is 9.90. The molecule has 4 heterocycles. The molecule has 1 aliphatic heterocycles. The van der Waals surface area contributed by atoms with Crippen LogP contribution in [0.15, 0.2) is 55.1 Å². The van der Waals surface area contributed by atoms with E-state index in [4.69, 9.17) is 9.72 Å². The normalized spacial score (nSPS) is 18.8. The summed E-state index contributed by atoms with van der Waals surface area (Å²) < 4.78 is 7.35. The van der Waals surface area contributed by atoms with Crippen molar-refractivity contribution in [2.24, 2.45) is 0 Å². The van der Waals surface area contributed by atoms with Gasteiger partial charge in [0.05, 0.1) is 36.4 Å². The molecule has 1 saturated heterocycles. The summed E-state index contributed by atoms with van der Waals surface area (Å²) in [6.07, 6.45) is 13.8. The lowest BCUT2D eigenvalue weighted by molar-refractivity contribution is 0.0150. The van der Waals surface area contributed by atoms with E-state index in [-0.39, 0.29) is 5.91 Å². The van der Waals surface area contributed by atoms with Crippen LogP contribution in [-0.4, -0.2) is 57.7 Å². The quantitative estimate of drug-likeness (QED) is 0.566. The van der Waals surface area contributed by atoms with Crippen LogP contribution < -0.4 is 5.32 Å². The summed E-state index contributed by atoms with van der Waals surface area (Å²) in [4.78, 5) is 24.6. The smallest absolute Gasteiger partial charge is 0.257 e. The van der Waals surface area contributed by atoms with E-state index in [0.717, 1.165) is 69.1 Å². The van der Waals surface area contributed by atoms with E-state index >= 15 is 0 Å². The summed E-state index contributed by atoms with van der Waals surface area (Å²) in [6.45, 7) is 7.92. The van der Waals surface area contributed by atoms with Gasteiger partial charge in [-0.2, -0.15) is 0 Å². The van der Waals surface area contributed by atoms with Crippen molar-refractivity contribution in [3.05, 3.63) is 77.5 Å². The van der Waals surface area contributed by atoms with Crippen molar-refractivity contribution in [2.75, 3.05) is 31.6 Å². The van der Waals surface area contributed by atoms with E-state index in [1.165, 1.54) is 11.1 Å². The van der Waals surface area contributed by atoms with Crippen LogP contribution in [0, 0.1) is 6.92 Å². The third-order valence-electron chi connectivity index (χ3n) is 7.02. The number of aryl methyl sites for hydroxylation is 2. The van der Waals surface area contributed by atoms with Crippen molar-refractivity contribution >= 4 is 17.2 Å². The number of carbonyl (C=O) groups is 1. The molecule has 3 aromatic heterocycles. The number of nitrogens with one attached hydrogen (secondary N) is 1. The van der Waals surface area contributed by atoms with E-state index < -0.39 is 0 Å². The Morgan fingerprint density at radius 2 is 2.03 bits per heavy atom. The van der Waals surface area contributed by atoms with Gasteiger partial charge in [-0.25, -0.2) is 4.98 Å². The predicted octanol–water partition coefficient (Wildman–Crippen LogP) is 4.66. The van der Waals surface area contributed by atoms with Gasteiger partial charge in [-0.3, -0.25) is 14.7 Å². The maximum atomic E-state index is 12.8. The van der Waals surface area contributed by atoms with Gasteiger partial charge < -0.3 is 14.6 Å². The average Bonchev–Trinajstić information content (AvgIpc) is 3.40. The number of anilines is 1. The Balaban J connectivity index is 1.22. The largest absolute Gasteiger partial charge is 0.379 e. The van der Waals surface area contributed by atoms with E-state index in [2.05, 4.69) is 41.2 Å². The third kappa shape index (κ3) is 5.36. The lowest BCUT2D eigenvalue weighted by Gasteiger charge is -2.36. The molecule has 5 rings (SSSR count). The van der Waals surface area contributed by atoms with Gasteiger partial charge in [0.25, 0.3) is 5.91 Å². The second kappa shape index (κ2) is 10.5. The predicted molar refractivity (Wildman–Crippen MR) is 138 cm³/mol. The van der Waals surface area contributed by atoms with Crippen molar-refractivity contribution in [1.82, 2.24) is 19.4 Å². The van der Waals surface area contributed by atoms with Crippen LogP contribution in [-0.2, 0) is 11.2 Å². The summed E-state index contributed by atoms with van der Waals surface area (Å²) in [5.41, 5.74) is 5.90. The molecule has 1 atom stereocenters. The second-order valence-electron chi connectivity index (χ2n) is 9.34. The standard InChI is InChI=1S/C28H33N5O2/c1-3-21-4-9-26(29-17-21)33-11-10-23(19-33)28(34)31-24-16-20(2)27(30-18-24)22-5-7-25(8-6-22)32-12-14-35-15-13-32/h4-5,9-11,16-19,25H,3,6-8,12-15H2,1-2H3,(H,31,34). The fourth-order valence-corrected chi connectivity index (χ4v) is 4.94. The van der Waals surface area contributed by atoms with Gasteiger partial charge in [-0.1, -0.05) is 19.1 Å². The van der Waals surface area contributed by atoms with Gasteiger partial charge in [0.2, 0.25) is 0 Å². The number of allylic oxidation sites excluding steroid dienone is 1. The van der Waals surface area contributed by atoms with E-state index in [1.807, 2.05) is 29.1 Å². The van der Waals surface area contributed by atoms with Crippen LogP contribution in [0.5, 0.6) is 0 Å². The van der Waals surface area contributed by atoms with Gasteiger partial charge in [-0.05, 0) is 67.5 Å². The SMILES string of the molecule is CCc1ccc(-n2ccc(C(=O)Nc3cnc(C4=CCC(N5CCOCC5)CC4)c(C)c3)c2)nc1. The first-order valence-corrected chi connectivity index (χ1v) is 12.5. The summed E-state index contributed by atoms with van der Waals surface area (Å²) in [5.74, 6) is 0.632. The average molecular weight is 472 g/mol. The first kappa shape index (κ1) is 23.5.